The summed E-state index contributed by atoms with van der Waals surface area (Å²) < 4.78 is 6.03. The first-order valence-electron chi connectivity index (χ1n) is 6.87. The Labute approximate surface area is 116 Å². The molecule has 0 unspecified atom stereocenters. The third kappa shape index (κ3) is 4.51. The first-order valence-corrected chi connectivity index (χ1v) is 7.25. The Kier molecular flexibility index (Phi) is 7.14. The Bertz CT molecular complexity index is 350. The van der Waals surface area contributed by atoms with Crippen LogP contribution in [-0.2, 0) is 6.54 Å². The van der Waals surface area contributed by atoms with Gasteiger partial charge >= 0.3 is 0 Å². The molecule has 0 radical (unpaired) electrons. The molecule has 0 aliphatic carbocycles. The molecule has 1 rings (SSSR count). The second-order valence-corrected chi connectivity index (χ2v) is 4.86. The fourth-order valence-electron chi connectivity index (χ4n) is 1.85. The molecule has 0 saturated carbocycles. The van der Waals surface area contributed by atoms with Gasteiger partial charge in [-0.15, -0.1) is 0 Å². The van der Waals surface area contributed by atoms with E-state index in [-0.39, 0.29) is 6.10 Å². The number of benzene rings is 1. The van der Waals surface area contributed by atoms with Crippen molar-refractivity contribution in [2.75, 3.05) is 6.54 Å². The average Bonchev–Trinajstić information content (AvgIpc) is 2.39. The Hall–Kier alpha value is -0.730. The minimum atomic E-state index is 0.272. The van der Waals surface area contributed by atoms with Crippen LogP contribution in [0.4, 0.5) is 0 Å². The summed E-state index contributed by atoms with van der Waals surface area (Å²) in [4.78, 5) is 0. The second kappa shape index (κ2) is 8.39. The molecule has 2 nitrogen and oxygen atoms in total. The molecule has 0 heterocycles. The quantitative estimate of drug-likeness (QED) is 0.706. The topological polar surface area (TPSA) is 21.3 Å². The van der Waals surface area contributed by atoms with Crippen molar-refractivity contribution in [1.29, 1.82) is 0 Å². The monoisotopic (exact) mass is 269 g/mol. The lowest BCUT2D eigenvalue weighted by molar-refractivity contribution is 0.190. The maximum Gasteiger partial charge on any atom is 0.125 e. The van der Waals surface area contributed by atoms with Crippen molar-refractivity contribution in [2.45, 2.75) is 52.7 Å². The minimum absolute atomic E-state index is 0.272. The van der Waals surface area contributed by atoms with Gasteiger partial charge in [-0.2, -0.15) is 0 Å². The fraction of sp³-hybridized carbons (Fsp3) is 0.600. The molecule has 0 aliphatic heterocycles. The molecule has 0 atom stereocenters. The lowest BCUT2D eigenvalue weighted by atomic mass is 10.1. The van der Waals surface area contributed by atoms with Crippen LogP contribution in [0.15, 0.2) is 18.2 Å². The predicted octanol–water partition coefficient (Wildman–Crippen LogP) is 4.41. The van der Waals surface area contributed by atoms with E-state index in [1.165, 1.54) is 0 Å². The number of rotatable bonds is 8. The van der Waals surface area contributed by atoms with Gasteiger partial charge in [0.25, 0.3) is 0 Å². The lowest BCUT2D eigenvalue weighted by Crippen LogP contribution is -2.18. The zero-order valence-corrected chi connectivity index (χ0v) is 12.4. The molecule has 0 saturated heterocycles. The summed E-state index contributed by atoms with van der Waals surface area (Å²) >= 11 is 6.26. The number of halogens is 1. The maximum atomic E-state index is 6.26. The summed E-state index contributed by atoms with van der Waals surface area (Å²) in [6.45, 7) is 8.21. The van der Waals surface area contributed by atoms with Gasteiger partial charge in [0.15, 0.2) is 0 Å². The molecule has 3 heteroatoms. The molecule has 18 heavy (non-hydrogen) atoms. The second-order valence-electron chi connectivity index (χ2n) is 4.45. The highest BCUT2D eigenvalue weighted by molar-refractivity contribution is 6.31. The van der Waals surface area contributed by atoms with Gasteiger partial charge in [0.1, 0.15) is 5.75 Å². The molecule has 0 fully saturated rings. The van der Waals surface area contributed by atoms with Gasteiger partial charge in [-0.25, -0.2) is 0 Å². The van der Waals surface area contributed by atoms with Gasteiger partial charge in [-0.1, -0.05) is 38.4 Å². The molecular weight excluding hydrogens is 246 g/mol. The largest absolute Gasteiger partial charge is 0.490 e. The van der Waals surface area contributed by atoms with Crippen molar-refractivity contribution in [3.8, 4) is 5.75 Å². The van der Waals surface area contributed by atoms with Crippen molar-refractivity contribution in [3.63, 3.8) is 0 Å². The zero-order chi connectivity index (χ0) is 13.4. The standard InChI is InChI=1S/C15H24ClNO/c1-4-10-17-11-13-14(16)8-7-9-15(13)18-12(5-2)6-3/h7-9,12,17H,4-6,10-11H2,1-3H3. The Morgan fingerprint density at radius 3 is 2.56 bits per heavy atom. The number of hydrogen-bond donors (Lipinski definition) is 1. The van der Waals surface area contributed by atoms with Crippen LogP contribution in [0.2, 0.25) is 5.02 Å². The van der Waals surface area contributed by atoms with Crippen LogP contribution in [0, 0.1) is 0 Å². The third-order valence-electron chi connectivity index (χ3n) is 3.01. The van der Waals surface area contributed by atoms with Crippen molar-refractivity contribution < 1.29 is 4.74 Å². The summed E-state index contributed by atoms with van der Waals surface area (Å²) in [5, 5.41) is 4.16. The fourth-order valence-corrected chi connectivity index (χ4v) is 2.08. The first-order chi connectivity index (χ1) is 8.72. The zero-order valence-electron chi connectivity index (χ0n) is 11.6. The van der Waals surface area contributed by atoms with Crippen molar-refractivity contribution >= 4 is 11.6 Å². The summed E-state index contributed by atoms with van der Waals surface area (Å²) in [7, 11) is 0. The summed E-state index contributed by atoms with van der Waals surface area (Å²) in [5.74, 6) is 0.916. The highest BCUT2D eigenvalue weighted by Gasteiger charge is 2.11. The van der Waals surface area contributed by atoms with Crippen LogP contribution in [0.25, 0.3) is 0 Å². The molecule has 102 valence electrons. The van der Waals surface area contributed by atoms with E-state index in [0.717, 1.165) is 48.7 Å². The summed E-state index contributed by atoms with van der Waals surface area (Å²) in [6, 6.07) is 5.88. The molecule has 0 aliphatic rings. The number of hydrogen-bond acceptors (Lipinski definition) is 2. The summed E-state index contributed by atoms with van der Waals surface area (Å²) in [5.41, 5.74) is 1.07. The molecule has 1 aromatic carbocycles. The molecule has 0 aromatic heterocycles. The van der Waals surface area contributed by atoms with E-state index >= 15 is 0 Å². The maximum absolute atomic E-state index is 6.26. The molecule has 1 N–H and O–H groups in total. The van der Waals surface area contributed by atoms with Crippen LogP contribution in [0.1, 0.15) is 45.6 Å². The van der Waals surface area contributed by atoms with Gasteiger partial charge in [0.2, 0.25) is 0 Å². The van der Waals surface area contributed by atoms with Crippen LogP contribution in [0.5, 0.6) is 5.75 Å². The molecule has 1 aromatic rings. The van der Waals surface area contributed by atoms with Gasteiger partial charge in [0, 0.05) is 17.1 Å². The van der Waals surface area contributed by atoms with Gasteiger partial charge < -0.3 is 10.1 Å². The Morgan fingerprint density at radius 2 is 1.94 bits per heavy atom. The average molecular weight is 270 g/mol. The molecular formula is C15H24ClNO. The highest BCUT2D eigenvalue weighted by atomic mass is 35.5. The van der Waals surface area contributed by atoms with Crippen molar-refractivity contribution in [3.05, 3.63) is 28.8 Å². The van der Waals surface area contributed by atoms with Crippen LogP contribution < -0.4 is 10.1 Å². The smallest absolute Gasteiger partial charge is 0.125 e. The SMILES string of the molecule is CCCNCc1c(Cl)cccc1OC(CC)CC. The van der Waals surface area contributed by atoms with E-state index in [4.69, 9.17) is 16.3 Å². The number of nitrogens with one attached hydrogen (secondary N) is 1. The Morgan fingerprint density at radius 1 is 1.22 bits per heavy atom. The van der Waals surface area contributed by atoms with E-state index in [9.17, 15) is 0 Å². The van der Waals surface area contributed by atoms with Crippen molar-refractivity contribution in [2.24, 2.45) is 0 Å². The van der Waals surface area contributed by atoms with Gasteiger partial charge in [-0.3, -0.25) is 0 Å². The van der Waals surface area contributed by atoms with E-state index in [2.05, 4.69) is 26.1 Å². The van der Waals surface area contributed by atoms with E-state index in [0.29, 0.717) is 0 Å². The van der Waals surface area contributed by atoms with Gasteiger partial charge in [0.05, 0.1) is 6.10 Å². The molecule has 0 amide bonds. The number of ether oxygens (including phenoxy) is 1. The lowest BCUT2D eigenvalue weighted by Gasteiger charge is -2.19. The van der Waals surface area contributed by atoms with Crippen molar-refractivity contribution in [1.82, 2.24) is 5.32 Å². The summed E-state index contributed by atoms with van der Waals surface area (Å²) in [6.07, 6.45) is 3.43. The molecule has 0 bridgehead atoms. The van der Waals surface area contributed by atoms with E-state index in [1.54, 1.807) is 0 Å². The Balaban J connectivity index is 2.79. The predicted molar refractivity (Wildman–Crippen MR) is 78.4 cm³/mol. The van der Waals surface area contributed by atoms with Crippen LogP contribution in [0.3, 0.4) is 0 Å². The minimum Gasteiger partial charge on any atom is -0.490 e. The van der Waals surface area contributed by atoms with E-state index < -0.39 is 0 Å². The van der Waals surface area contributed by atoms with Crippen LogP contribution in [-0.4, -0.2) is 12.6 Å². The molecule has 0 spiro atoms. The van der Waals surface area contributed by atoms with E-state index in [1.807, 2.05) is 18.2 Å². The highest BCUT2D eigenvalue weighted by Crippen LogP contribution is 2.28. The van der Waals surface area contributed by atoms with Gasteiger partial charge in [-0.05, 0) is 37.9 Å². The van der Waals surface area contributed by atoms with Crippen LogP contribution >= 0.6 is 11.6 Å². The first kappa shape index (κ1) is 15.3. The normalized spacial score (nSPS) is 10.9. The third-order valence-corrected chi connectivity index (χ3v) is 3.36.